The van der Waals surface area contributed by atoms with Gasteiger partial charge in [-0.15, -0.1) is 0 Å². The van der Waals surface area contributed by atoms with Crippen LogP contribution < -0.4 is 10.1 Å². The van der Waals surface area contributed by atoms with Gasteiger partial charge >= 0.3 is 0 Å². The Balaban J connectivity index is 1.99. The maximum Gasteiger partial charge on any atom is 0.190 e. The molecule has 0 aromatic heterocycles. The molecule has 19 heavy (non-hydrogen) atoms. The number of nitrogens with one attached hydrogen (secondary N) is 1. The minimum absolute atomic E-state index is 0.231. The second kappa shape index (κ2) is 6.85. The summed E-state index contributed by atoms with van der Waals surface area (Å²) in [5, 5.41) is 2.87. The van der Waals surface area contributed by atoms with E-state index >= 15 is 0 Å². The summed E-state index contributed by atoms with van der Waals surface area (Å²) in [6.07, 6.45) is 5.85. The highest BCUT2D eigenvalue weighted by atomic mass is 19.1. The summed E-state index contributed by atoms with van der Waals surface area (Å²) in [4.78, 5) is 0. The summed E-state index contributed by atoms with van der Waals surface area (Å²) in [5.41, 5.74) is 0.586. The molecule has 0 aliphatic heterocycles. The Labute approximate surface area is 113 Å². The zero-order valence-electron chi connectivity index (χ0n) is 11.3. The van der Waals surface area contributed by atoms with Crippen LogP contribution >= 0.6 is 0 Å². The van der Waals surface area contributed by atoms with E-state index in [9.17, 15) is 8.78 Å². The quantitative estimate of drug-likeness (QED) is 0.881. The number of hydrogen-bond donors (Lipinski definition) is 1. The summed E-state index contributed by atoms with van der Waals surface area (Å²) >= 11 is 0. The van der Waals surface area contributed by atoms with Gasteiger partial charge in [-0.1, -0.05) is 19.3 Å². The topological polar surface area (TPSA) is 21.3 Å². The Morgan fingerprint density at radius 3 is 2.37 bits per heavy atom. The van der Waals surface area contributed by atoms with Crippen LogP contribution in [0.4, 0.5) is 8.78 Å². The van der Waals surface area contributed by atoms with E-state index in [0.29, 0.717) is 24.6 Å². The molecule has 1 fully saturated rings. The molecular formula is C15H21F2NO. The normalized spacial score (nSPS) is 16.6. The molecule has 0 saturated heterocycles. The number of rotatable bonds is 5. The molecule has 0 unspecified atom stereocenters. The largest absolute Gasteiger partial charge is 0.487 e. The molecule has 106 valence electrons. The highest BCUT2D eigenvalue weighted by Gasteiger charge is 2.17. The van der Waals surface area contributed by atoms with Crippen molar-refractivity contribution in [3.63, 3.8) is 0 Å². The van der Waals surface area contributed by atoms with Crippen LogP contribution in [0.15, 0.2) is 12.1 Å². The first-order valence-corrected chi connectivity index (χ1v) is 6.96. The SMILES string of the molecule is CNCc1cc(F)c(OCC2CCCCC2)c(F)c1. The summed E-state index contributed by atoms with van der Waals surface area (Å²) in [6.45, 7) is 0.857. The third-order valence-corrected chi connectivity index (χ3v) is 3.63. The standard InChI is InChI=1S/C15H21F2NO/c1-18-9-12-7-13(16)15(14(17)8-12)19-10-11-5-3-2-4-6-11/h7-8,11,18H,2-6,9-10H2,1H3. The van der Waals surface area contributed by atoms with Crippen LogP contribution in [0, 0.1) is 17.6 Å². The molecule has 1 aliphatic rings. The zero-order chi connectivity index (χ0) is 13.7. The van der Waals surface area contributed by atoms with Crippen molar-refractivity contribution in [3.8, 4) is 5.75 Å². The fraction of sp³-hybridized carbons (Fsp3) is 0.600. The summed E-state index contributed by atoms with van der Waals surface area (Å²) in [6, 6.07) is 2.66. The Morgan fingerprint density at radius 1 is 1.16 bits per heavy atom. The third-order valence-electron chi connectivity index (χ3n) is 3.63. The van der Waals surface area contributed by atoms with Crippen LogP contribution in [0.1, 0.15) is 37.7 Å². The van der Waals surface area contributed by atoms with Gasteiger partial charge in [0.15, 0.2) is 17.4 Å². The molecular weight excluding hydrogens is 248 g/mol. The molecule has 2 nitrogen and oxygen atoms in total. The number of halogens is 2. The Morgan fingerprint density at radius 2 is 1.79 bits per heavy atom. The Bertz CT molecular complexity index is 394. The van der Waals surface area contributed by atoms with Crippen molar-refractivity contribution in [2.75, 3.05) is 13.7 Å². The van der Waals surface area contributed by atoms with Gasteiger partial charge in [0.1, 0.15) is 0 Å². The molecule has 1 aromatic rings. The lowest BCUT2D eigenvalue weighted by Gasteiger charge is -2.22. The molecule has 1 saturated carbocycles. The molecule has 0 bridgehead atoms. The van der Waals surface area contributed by atoms with Crippen molar-refractivity contribution < 1.29 is 13.5 Å². The van der Waals surface area contributed by atoms with Crippen LogP contribution in [-0.4, -0.2) is 13.7 Å². The minimum Gasteiger partial charge on any atom is -0.487 e. The molecule has 0 heterocycles. The molecule has 1 aliphatic carbocycles. The van der Waals surface area contributed by atoms with Crippen LogP contribution in [0.2, 0.25) is 0 Å². The van der Waals surface area contributed by atoms with Crippen LogP contribution in [0.25, 0.3) is 0 Å². The van der Waals surface area contributed by atoms with Gasteiger partial charge in [-0.2, -0.15) is 0 Å². The molecule has 4 heteroatoms. The molecule has 1 N–H and O–H groups in total. The minimum atomic E-state index is -0.610. The lowest BCUT2D eigenvalue weighted by molar-refractivity contribution is 0.195. The molecule has 1 aromatic carbocycles. The first kappa shape index (κ1) is 14.3. The molecule has 0 spiro atoms. The van der Waals surface area contributed by atoms with E-state index in [2.05, 4.69) is 5.32 Å². The third kappa shape index (κ3) is 3.90. The highest BCUT2D eigenvalue weighted by Crippen LogP contribution is 2.27. The van der Waals surface area contributed by atoms with Gasteiger partial charge in [0, 0.05) is 6.54 Å². The van der Waals surface area contributed by atoms with Crippen LogP contribution in [0.3, 0.4) is 0 Å². The van der Waals surface area contributed by atoms with E-state index in [1.54, 1.807) is 7.05 Å². The monoisotopic (exact) mass is 269 g/mol. The van der Waals surface area contributed by atoms with Gasteiger partial charge in [-0.3, -0.25) is 0 Å². The van der Waals surface area contributed by atoms with Gasteiger partial charge in [-0.25, -0.2) is 8.78 Å². The van der Waals surface area contributed by atoms with Gasteiger partial charge in [0.25, 0.3) is 0 Å². The van der Waals surface area contributed by atoms with Crippen molar-refractivity contribution >= 4 is 0 Å². The summed E-state index contributed by atoms with van der Waals surface area (Å²) in [7, 11) is 1.74. The second-order valence-electron chi connectivity index (χ2n) is 5.23. The van der Waals surface area contributed by atoms with Crippen molar-refractivity contribution in [2.24, 2.45) is 5.92 Å². The smallest absolute Gasteiger partial charge is 0.190 e. The van der Waals surface area contributed by atoms with E-state index in [1.165, 1.54) is 31.4 Å². The predicted molar refractivity (Wildman–Crippen MR) is 71.2 cm³/mol. The molecule has 2 rings (SSSR count). The Kier molecular flexibility index (Phi) is 5.14. The van der Waals surface area contributed by atoms with Gasteiger partial charge < -0.3 is 10.1 Å². The zero-order valence-corrected chi connectivity index (χ0v) is 11.3. The van der Waals surface area contributed by atoms with E-state index in [0.717, 1.165) is 12.8 Å². The number of benzene rings is 1. The van der Waals surface area contributed by atoms with Gasteiger partial charge in [0.2, 0.25) is 0 Å². The first-order chi connectivity index (χ1) is 9.20. The molecule has 0 amide bonds. The lowest BCUT2D eigenvalue weighted by atomic mass is 9.90. The van der Waals surface area contributed by atoms with Crippen molar-refractivity contribution in [1.29, 1.82) is 0 Å². The Hall–Kier alpha value is -1.16. The van der Waals surface area contributed by atoms with E-state index < -0.39 is 11.6 Å². The lowest BCUT2D eigenvalue weighted by Crippen LogP contribution is -2.16. The maximum atomic E-state index is 13.8. The van der Waals surface area contributed by atoms with E-state index in [4.69, 9.17) is 4.74 Å². The highest BCUT2D eigenvalue weighted by molar-refractivity contribution is 5.31. The first-order valence-electron chi connectivity index (χ1n) is 6.96. The average Bonchev–Trinajstić information content (AvgIpc) is 2.39. The van der Waals surface area contributed by atoms with E-state index in [-0.39, 0.29) is 5.75 Å². The van der Waals surface area contributed by atoms with Gasteiger partial charge in [0.05, 0.1) is 6.61 Å². The van der Waals surface area contributed by atoms with Crippen molar-refractivity contribution in [1.82, 2.24) is 5.32 Å². The molecule has 0 radical (unpaired) electrons. The fourth-order valence-corrected chi connectivity index (χ4v) is 2.61. The van der Waals surface area contributed by atoms with Crippen molar-refractivity contribution in [3.05, 3.63) is 29.3 Å². The number of hydrogen-bond acceptors (Lipinski definition) is 2. The predicted octanol–water partition coefficient (Wildman–Crippen LogP) is 3.64. The second-order valence-corrected chi connectivity index (χ2v) is 5.23. The van der Waals surface area contributed by atoms with Gasteiger partial charge in [-0.05, 0) is 43.5 Å². The fourth-order valence-electron chi connectivity index (χ4n) is 2.61. The molecule has 0 atom stereocenters. The van der Waals surface area contributed by atoms with E-state index in [1.807, 2.05) is 0 Å². The summed E-state index contributed by atoms with van der Waals surface area (Å²) in [5.74, 6) is -1.02. The van der Waals surface area contributed by atoms with Crippen molar-refractivity contribution in [2.45, 2.75) is 38.6 Å². The number of ether oxygens (including phenoxy) is 1. The van der Waals surface area contributed by atoms with Crippen LogP contribution in [0.5, 0.6) is 5.75 Å². The maximum absolute atomic E-state index is 13.8. The summed E-state index contributed by atoms with van der Waals surface area (Å²) < 4.78 is 33.0. The average molecular weight is 269 g/mol. The van der Waals surface area contributed by atoms with Crippen LogP contribution in [-0.2, 0) is 6.54 Å².